The van der Waals surface area contributed by atoms with Crippen LogP contribution in [0.15, 0.2) is 47.4 Å². The maximum absolute atomic E-state index is 13.0. The van der Waals surface area contributed by atoms with Gasteiger partial charge in [-0.1, -0.05) is 24.3 Å². The van der Waals surface area contributed by atoms with Gasteiger partial charge in [0.15, 0.2) is 0 Å². The van der Waals surface area contributed by atoms with E-state index in [9.17, 15) is 13.2 Å². The Morgan fingerprint density at radius 3 is 2.74 bits per heavy atom. The second-order valence-electron chi connectivity index (χ2n) is 6.49. The Labute approximate surface area is 160 Å². The van der Waals surface area contributed by atoms with Gasteiger partial charge >= 0.3 is 0 Å². The van der Waals surface area contributed by atoms with Crippen molar-refractivity contribution >= 4 is 15.9 Å². The molecule has 144 valence electrons. The molecular formula is C20H24N2O4S. The number of carbonyl (C=O) groups excluding carboxylic acids is 1. The number of hydrogen-bond acceptors (Lipinski definition) is 4. The van der Waals surface area contributed by atoms with E-state index >= 15 is 0 Å². The highest BCUT2D eigenvalue weighted by Crippen LogP contribution is 2.31. The molecule has 0 saturated heterocycles. The van der Waals surface area contributed by atoms with Crippen LogP contribution in [0.1, 0.15) is 47.3 Å². The summed E-state index contributed by atoms with van der Waals surface area (Å²) >= 11 is 0. The molecule has 1 atom stereocenters. The average molecular weight is 388 g/mol. The molecule has 0 bridgehead atoms. The molecule has 0 heterocycles. The molecule has 0 unspecified atom stereocenters. The van der Waals surface area contributed by atoms with E-state index < -0.39 is 10.0 Å². The largest absolute Gasteiger partial charge is 0.496 e. The average Bonchev–Trinajstić information content (AvgIpc) is 2.67. The fraction of sp³-hybridized carbons (Fsp3) is 0.350. The summed E-state index contributed by atoms with van der Waals surface area (Å²) in [4.78, 5) is 12.3. The smallest absolute Gasteiger partial charge is 0.255 e. The van der Waals surface area contributed by atoms with E-state index in [1.807, 2.05) is 24.3 Å². The van der Waals surface area contributed by atoms with Crippen molar-refractivity contribution in [3.63, 3.8) is 0 Å². The van der Waals surface area contributed by atoms with Crippen LogP contribution in [0.2, 0.25) is 0 Å². The van der Waals surface area contributed by atoms with Crippen molar-refractivity contribution in [3.05, 3.63) is 59.2 Å². The van der Waals surface area contributed by atoms with E-state index in [0.717, 1.165) is 24.8 Å². The zero-order valence-electron chi connectivity index (χ0n) is 15.5. The van der Waals surface area contributed by atoms with Gasteiger partial charge < -0.3 is 10.1 Å². The molecule has 2 aromatic rings. The van der Waals surface area contributed by atoms with Crippen LogP contribution in [0, 0.1) is 0 Å². The van der Waals surface area contributed by atoms with Gasteiger partial charge in [0.1, 0.15) is 5.75 Å². The minimum atomic E-state index is -3.78. The molecule has 1 aliphatic rings. The van der Waals surface area contributed by atoms with Crippen LogP contribution in [0.25, 0.3) is 0 Å². The summed E-state index contributed by atoms with van der Waals surface area (Å²) in [7, 11) is -2.34. The summed E-state index contributed by atoms with van der Waals surface area (Å²) in [5.41, 5.74) is 2.39. The minimum Gasteiger partial charge on any atom is -0.496 e. The third kappa shape index (κ3) is 4.14. The second kappa shape index (κ2) is 8.10. The van der Waals surface area contributed by atoms with Crippen LogP contribution in [0.4, 0.5) is 0 Å². The molecule has 0 aliphatic heterocycles. The van der Waals surface area contributed by atoms with Crippen molar-refractivity contribution in [2.75, 3.05) is 13.7 Å². The van der Waals surface area contributed by atoms with E-state index in [-0.39, 0.29) is 22.4 Å². The zero-order valence-corrected chi connectivity index (χ0v) is 16.3. The molecule has 0 aromatic heterocycles. The van der Waals surface area contributed by atoms with Gasteiger partial charge in [-0.05, 0) is 55.5 Å². The molecule has 27 heavy (non-hydrogen) atoms. The Balaban J connectivity index is 1.92. The molecule has 2 N–H and O–H groups in total. The van der Waals surface area contributed by atoms with Crippen molar-refractivity contribution in [2.24, 2.45) is 0 Å². The fourth-order valence-electron chi connectivity index (χ4n) is 3.42. The monoisotopic (exact) mass is 388 g/mol. The zero-order chi connectivity index (χ0) is 19.4. The lowest BCUT2D eigenvalue weighted by atomic mass is 9.88. The lowest BCUT2D eigenvalue weighted by Gasteiger charge is -2.26. The molecular weight excluding hydrogens is 364 g/mol. The summed E-state index contributed by atoms with van der Waals surface area (Å²) in [6, 6.07) is 12.0. The lowest BCUT2D eigenvalue weighted by molar-refractivity contribution is 0.0952. The minimum absolute atomic E-state index is 0.0487. The number of sulfonamides is 1. The van der Waals surface area contributed by atoms with Gasteiger partial charge in [-0.25, -0.2) is 13.1 Å². The third-order valence-corrected chi connectivity index (χ3v) is 6.20. The summed E-state index contributed by atoms with van der Waals surface area (Å²) < 4.78 is 33.9. The highest BCUT2D eigenvalue weighted by atomic mass is 32.2. The first-order chi connectivity index (χ1) is 13.0. The maximum atomic E-state index is 13.0. The first kappa shape index (κ1) is 19.4. The fourth-order valence-corrected chi connectivity index (χ4v) is 4.69. The van der Waals surface area contributed by atoms with E-state index in [2.05, 4.69) is 10.0 Å². The summed E-state index contributed by atoms with van der Waals surface area (Å²) in [5, 5.41) is 2.68. The predicted molar refractivity (Wildman–Crippen MR) is 103 cm³/mol. The Morgan fingerprint density at radius 1 is 1.22 bits per heavy atom. The molecule has 0 fully saturated rings. The quantitative estimate of drug-likeness (QED) is 0.797. The van der Waals surface area contributed by atoms with Gasteiger partial charge in [0, 0.05) is 12.6 Å². The molecule has 0 spiro atoms. The summed E-state index contributed by atoms with van der Waals surface area (Å²) in [6.45, 7) is 2.24. The first-order valence-corrected chi connectivity index (χ1v) is 10.5. The van der Waals surface area contributed by atoms with Gasteiger partial charge in [-0.15, -0.1) is 0 Å². The number of hydrogen-bond donors (Lipinski definition) is 2. The van der Waals surface area contributed by atoms with Gasteiger partial charge in [-0.2, -0.15) is 0 Å². The van der Waals surface area contributed by atoms with Crippen molar-refractivity contribution in [1.82, 2.24) is 10.0 Å². The molecule has 1 aliphatic carbocycles. The first-order valence-electron chi connectivity index (χ1n) is 9.02. The van der Waals surface area contributed by atoms with Crippen molar-refractivity contribution in [3.8, 4) is 5.75 Å². The number of ether oxygens (including phenoxy) is 1. The molecule has 0 radical (unpaired) electrons. The lowest BCUT2D eigenvalue weighted by Crippen LogP contribution is -2.31. The van der Waals surface area contributed by atoms with Gasteiger partial charge in [0.25, 0.3) is 5.91 Å². The third-order valence-electron chi connectivity index (χ3n) is 4.73. The molecule has 2 aromatic carbocycles. The Bertz CT molecular complexity index is 941. The number of rotatable bonds is 6. The summed E-state index contributed by atoms with van der Waals surface area (Å²) in [5.74, 6) is -0.0303. The Hall–Kier alpha value is -2.38. The van der Waals surface area contributed by atoms with E-state index in [0.29, 0.717) is 12.3 Å². The highest BCUT2D eigenvalue weighted by Gasteiger charge is 2.26. The second-order valence-corrected chi connectivity index (χ2v) is 8.20. The van der Waals surface area contributed by atoms with Crippen molar-refractivity contribution < 1.29 is 17.9 Å². The van der Waals surface area contributed by atoms with Gasteiger partial charge in [-0.3, -0.25) is 4.79 Å². The van der Waals surface area contributed by atoms with E-state index in [4.69, 9.17) is 4.74 Å². The number of methoxy groups -OCH3 is 1. The van der Waals surface area contributed by atoms with Crippen LogP contribution >= 0.6 is 0 Å². The predicted octanol–water partition coefficient (Wildman–Crippen LogP) is 2.80. The number of nitrogens with one attached hydrogen (secondary N) is 2. The van der Waals surface area contributed by atoms with Crippen LogP contribution in [-0.4, -0.2) is 28.0 Å². The molecule has 1 amide bonds. The molecule has 3 rings (SSSR count). The standard InChI is InChI=1S/C20H24N2O4S/c1-3-21-20(23)17-13-15(11-12-19(17)26-2)27(24,25)22-18-10-6-8-14-7-4-5-9-16(14)18/h4-5,7,9,11-13,18,22H,3,6,8,10H2,1-2H3,(H,21,23)/t18-/m1/s1. The van der Waals surface area contributed by atoms with E-state index in [1.165, 1.54) is 30.9 Å². The van der Waals surface area contributed by atoms with Gasteiger partial charge in [0.05, 0.1) is 17.6 Å². The van der Waals surface area contributed by atoms with Gasteiger partial charge in [0.2, 0.25) is 10.0 Å². The number of amides is 1. The van der Waals surface area contributed by atoms with Crippen molar-refractivity contribution in [1.29, 1.82) is 0 Å². The molecule has 0 saturated carbocycles. The van der Waals surface area contributed by atoms with E-state index in [1.54, 1.807) is 6.92 Å². The SMILES string of the molecule is CCNC(=O)c1cc(S(=O)(=O)N[C@@H]2CCCc3ccccc32)ccc1OC. The number of carbonyl (C=O) groups is 1. The maximum Gasteiger partial charge on any atom is 0.255 e. The van der Waals surface area contributed by atoms with Crippen LogP contribution in [0.3, 0.4) is 0 Å². The number of fused-ring (bicyclic) bond motifs is 1. The number of aryl methyl sites for hydroxylation is 1. The topological polar surface area (TPSA) is 84.5 Å². The molecule has 6 nitrogen and oxygen atoms in total. The van der Waals surface area contributed by atoms with Crippen LogP contribution < -0.4 is 14.8 Å². The molecule has 7 heteroatoms. The highest BCUT2D eigenvalue weighted by molar-refractivity contribution is 7.89. The van der Waals surface area contributed by atoms with Crippen LogP contribution in [0.5, 0.6) is 5.75 Å². The Kier molecular flexibility index (Phi) is 5.82. The normalized spacial score (nSPS) is 16.4. The summed E-state index contributed by atoms with van der Waals surface area (Å²) in [6.07, 6.45) is 2.63. The Morgan fingerprint density at radius 2 is 2.00 bits per heavy atom. The van der Waals surface area contributed by atoms with Crippen molar-refractivity contribution in [2.45, 2.75) is 37.1 Å². The number of benzene rings is 2. The van der Waals surface area contributed by atoms with Crippen LogP contribution in [-0.2, 0) is 16.4 Å².